The number of rotatable bonds is 5. The molecule has 4 atom stereocenters. The summed E-state index contributed by atoms with van der Waals surface area (Å²) in [7, 11) is 0. The number of aliphatic carboxylic acids is 1. The molecule has 3 heteroatoms. The molecule has 0 aromatic carbocycles. The summed E-state index contributed by atoms with van der Waals surface area (Å²) in [4.78, 5) is 23.4. The van der Waals surface area contributed by atoms with E-state index in [1.807, 2.05) is 13.8 Å². The number of carbonyl (C=O) groups excluding carboxylic acids is 1. The van der Waals surface area contributed by atoms with Crippen molar-refractivity contribution < 1.29 is 14.7 Å². The number of hydrogen-bond donors (Lipinski definition) is 1. The van der Waals surface area contributed by atoms with Crippen molar-refractivity contribution in [3.8, 4) is 0 Å². The lowest BCUT2D eigenvalue weighted by Gasteiger charge is -2.42. The lowest BCUT2D eigenvalue weighted by molar-refractivity contribution is -0.147. The molecule has 0 amide bonds. The first-order chi connectivity index (χ1) is 9.68. The van der Waals surface area contributed by atoms with Gasteiger partial charge in [-0.05, 0) is 69.6 Å². The Morgan fingerprint density at radius 2 is 2.10 bits per heavy atom. The number of hydrogen-bond acceptors (Lipinski definition) is 2. The summed E-state index contributed by atoms with van der Waals surface area (Å²) in [5, 5.41) is 9.25. The fraction of sp³-hybridized carbons (Fsp3) is 0.889. The average molecular weight is 294 g/mol. The monoisotopic (exact) mass is 294 g/mol. The molecule has 0 spiro atoms. The molecule has 21 heavy (non-hydrogen) atoms. The molecule has 0 aromatic heterocycles. The van der Waals surface area contributed by atoms with Crippen LogP contribution in [0.5, 0.6) is 0 Å². The van der Waals surface area contributed by atoms with Crippen molar-refractivity contribution in [3.63, 3.8) is 0 Å². The lowest BCUT2D eigenvalue weighted by atomic mass is 9.61. The van der Waals surface area contributed by atoms with Crippen LogP contribution in [0.15, 0.2) is 0 Å². The van der Waals surface area contributed by atoms with E-state index in [1.54, 1.807) is 0 Å². The van der Waals surface area contributed by atoms with Crippen LogP contribution in [0.25, 0.3) is 0 Å². The van der Waals surface area contributed by atoms with Crippen molar-refractivity contribution in [1.29, 1.82) is 0 Å². The van der Waals surface area contributed by atoms with Crippen LogP contribution in [0.4, 0.5) is 0 Å². The van der Waals surface area contributed by atoms with Crippen LogP contribution in [-0.2, 0) is 9.59 Å². The standard InChI is InChI=1S/C18H30O3/c1-12(9-11-17(2,3)16(20)21)13-7-8-14-15(19)6-5-10-18(13,14)4/h12-14H,5-11H2,1-4H3,(H,20,21)/t12-,13-,14+,18-/m1/s1. The summed E-state index contributed by atoms with van der Waals surface area (Å²) >= 11 is 0. The molecule has 0 saturated heterocycles. The maximum Gasteiger partial charge on any atom is 0.309 e. The van der Waals surface area contributed by atoms with E-state index in [-0.39, 0.29) is 11.3 Å². The molecule has 2 fully saturated rings. The molecule has 120 valence electrons. The van der Waals surface area contributed by atoms with Gasteiger partial charge in [-0.1, -0.05) is 13.8 Å². The minimum Gasteiger partial charge on any atom is -0.481 e. The molecule has 0 unspecified atom stereocenters. The Hall–Kier alpha value is -0.860. The van der Waals surface area contributed by atoms with Crippen LogP contribution in [-0.4, -0.2) is 16.9 Å². The SMILES string of the molecule is C[C@H](CCC(C)(C)C(=O)O)[C@H]1CC[C@H]2C(=O)CCC[C@]12C. The van der Waals surface area contributed by atoms with Gasteiger partial charge in [0.05, 0.1) is 5.41 Å². The van der Waals surface area contributed by atoms with E-state index in [0.29, 0.717) is 24.0 Å². The van der Waals surface area contributed by atoms with Crippen LogP contribution < -0.4 is 0 Å². The van der Waals surface area contributed by atoms with Gasteiger partial charge in [0, 0.05) is 12.3 Å². The number of Topliss-reactive ketones (excluding diaryl/α,β-unsaturated/α-hetero) is 1. The molecule has 0 heterocycles. The summed E-state index contributed by atoms with van der Waals surface area (Å²) < 4.78 is 0. The molecule has 0 bridgehead atoms. The molecule has 2 saturated carbocycles. The van der Waals surface area contributed by atoms with E-state index in [9.17, 15) is 14.7 Å². The van der Waals surface area contributed by atoms with E-state index < -0.39 is 11.4 Å². The molecular formula is C18H30O3. The molecular weight excluding hydrogens is 264 g/mol. The van der Waals surface area contributed by atoms with Gasteiger partial charge in [-0.15, -0.1) is 0 Å². The van der Waals surface area contributed by atoms with E-state index in [1.165, 1.54) is 6.42 Å². The van der Waals surface area contributed by atoms with Gasteiger partial charge in [0.25, 0.3) is 0 Å². The Kier molecular flexibility index (Phi) is 4.51. The normalized spacial score (nSPS) is 34.6. The number of carbonyl (C=O) groups is 2. The van der Waals surface area contributed by atoms with E-state index >= 15 is 0 Å². The van der Waals surface area contributed by atoms with Gasteiger partial charge < -0.3 is 5.11 Å². The van der Waals surface area contributed by atoms with Crippen molar-refractivity contribution in [2.45, 2.75) is 72.6 Å². The largest absolute Gasteiger partial charge is 0.481 e. The first-order valence-corrected chi connectivity index (χ1v) is 8.44. The highest BCUT2D eigenvalue weighted by molar-refractivity contribution is 5.83. The van der Waals surface area contributed by atoms with Crippen LogP contribution >= 0.6 is 0 Å². The molecule has 2 rings (SSSR count). The highest BCUT2D eigenvalue weighted by Crippen LogP contribution is 2.57. The molecule has 0 aliphatic heterocycles. The number of carboxylic acid groups (broad SMARTS) is 1. The van der Waals surface area contributed by atoms with Gasteiger partial charge in [-0.3, -0.25) is 9.59 Å². The minimum absolute atomic E-state index is 0.169. The summed E-state index contributed by atoms with van der Waals surface area (Å²) in [6, 6.07) is 0. The van der Waals surface area contributed by atoms with Crippen molar-refractivity contribution in [1.82, 2.24) is 0 Å². The number of carboxylic acids is 1. The minimum atomic E-state index is -0.710. The van der Waals surface area contributed by atoms with Crippen molar-refractivity contribution in [2.24, 2.45) is 28.6 Å². The van der Waals surface area contributed by atoms with Gasteiger partial charge in [0.1, 0.15) is 5.78 Å². The predicted molar refractivity (Wildman–Crippen MR) is 83.0 cm³/mol. The third-order valence-corrected chi connectivity index (χ3v) is 6.43. The Labute approximate surface area is 128 Å². The van der Waals surface area contributed by atoms with Gasteiger partial charge >= 0.3 is 5.97 Å². The third kappa shape index (κ3) is 3.02. The van der Waals surface area contributed by atoms with Crippen LogP contribution in [0.1, 0.15) is 72.6 Å². The molecule has 0 aromatic rings. The second kappa shape index (κ2) is 5.73. The van der Waals surface area contributed by atoms with Gasteiger partial charge in [-0.2, -0.15) is 0 Å². The summed E-state index contributed by atoms with van der Waals surface area (Å²) in [6.07, 6.45) is 6.83. The first-order valence-electron chi connectivity index (χ1n) is 8.44. The summed E-state index contributed by atoms with van der Waals surface area (Å²) in [5.41, 5.74) is -0.475. The lowest BCUT2D eigenvalue weighted by Crippen LogP contribution is -2.39. The maximum atomic E-state index is 12.2. The van der Waals surface area contributed by atoms with Gasteiger partial charge in [0.2, 0.25) is 0 Å². The molecule has 3 nitrogen and oxygen atoms in total. The maximum absolute atomic E-state index is 12.2. The van der Waals surface area contributed by atoms with Crippen molar-refractivity contribution in [2.75, 3.05) is 0 Å². The molecule has 0 radical (unpaired) electrons. The number of ketones is 1. The highest BCUT2D eigenvalue weighted by Gasteiger charge is 2.52. The van der Waals surface area contributed by atoms with E-state index in [0.717, 1.165) is 32.1 Å². The second-order valence-electron chi connectivity index (χ2n) is 8.27. The zero-order chi connectivity index (χ0) is 15.8. The van der Waals surface area contributed by atoms with Crippen molar-refractivity contribution in [3.05, 3.63) is 0 Å². The average Bonchev–Trinajstić information content (AvgIpc) is 2.74. The Morgan fingerprint density at radius 3 is 2.71 bits per heavy atom. The van der Waals surface area contributed by atoms with Crippen LogP contribution in [0.3, 0.4) is 0 Å². The topological polar surface area (TPSA) is 54.4 Å². The Balaban J connectivity index is 2.02. The van der Waals surface area contributed by atoms with E-state index in [2.05, 4.69) is 13.8 Å². The van der Waals surface area contributed by atoms with E-state index in [4.69, 9.17) is 0 Å². The predicted octanol–water partition coefficient (Wildman–Crippen LogP) is 4.30. The molecule has 2 aliphatic carbocycles. The smallest absolute Gasteiger partial charge is 0.309 e. The van der Waals surface area contributed by atoms with Gasteiger partial charge in [0.15, 0.2) is 0 Å². The zero-order valence-corrected chi connectivity index (χ0v) is 13.9. The van der Waals surface area contributed by atoms with Crippen LogP contribution in [0, 0.1) is 28.6 Å². The summed E-state index contributed by atoms with van der Waals surface area (Å²) in [5.74, 6) is 1.12. The van der Waals surface area contributed by atoms with Gasteiger partial charge in [-0.25, -0.2) is 0 Å². The van der Waals surface area contributed by atoms with Crippen molar-refractivity contribution >= 4 is 11.8 Å². The first kappa shape index (κ1) is 16.5. The highest BCUT2D eigenvalue weighted by atomic mass is 16.4. The Morgan fingerprint density at radius 1 is 1.43 bits per heavy atom. The third-order valence-electron chi connectivity index (χ3n) is 6.43. The summed E-state index contributed by atoms with van der Waals surface area (Å²) in [6.45, 7) is 8.19. The fourth-order valence-corrected chi connectivity index (χ4v) is 4.80. The fourth-order valence-electron chi connectivity index (χ4n) is 4.80. The quantitative estimate of drug-likeness (QED) is 0.822. The van der Waals surface area contributed by atoms with Crippen LogP contribution in [0.2, 0.25) is 0 Å². The Bertz CT molecular complexity index is 426. The molecule has 2 aliphatic rings. The number of fused-ring (bicyclic) bond motifs is 1. The zero-order valence-electron chi connectivity index (χ0n) is 13.9. The molecule has 1 N–H and O–H groups in total. The second-order valence-corrected chi connectivity index (χ2v) is 8.27.